The van der Waals surface area contributed by atoms with Crippen LogP contribution in [0.5, 0.6) is 0 Å². The first-order chi connectivity index (χ1) is 15.9. The number of rotatable bonds is 7. The molecule has 7 nitrogen and oxygen atoms in total. The normalized spacial score (nSPS) is 13.6. The van der Waals surface area contributed by atoms with E-state index in [4.69, 9.17) is 9.52 Å². The maximum Gasteiger partial charge on any atom is 0.416 e. The van der Waals surface area contributed by atoms with Gasteiger partial charge in [0.1, 0.15) is 17.4 Å². The Bertz CT molecular complexity index is 1200. The van der Waals surface area contributed by atoms with E-state index in [2.05, 4.69) is 10.6 Å². The average Bonchev–Trinajstić information content (AvgIpc) is 3.05. The highest BCUT2D eigenvalue weighted by molar-refractivity contribution is 5.90. The van der Waals surface area contributed by atoms with E-state index in [0.29, 0.717) is 6.07 Å². The lowest BCUT2D eigenvalue weighted by Gasteiger charge is -2.21. The number of nitrogens with one attached hydrogen (secondary N) is 3. The largest absolute Gasteiger partial charge is 0.455 e. The average molecular weight is 491 g/mol. The monoisotopic (exact) mass is 491 g/mol. The van der Waals surface area contributed by atoms with Crippen LogP contribution in [0.25, 0.3) is 11.0 Å². The second-order valence-corrected chi connectivity index (χ2v) is 7.37. The smallest absolute Gasteiger partial charge is 0.416 e. The van der Waals surface area contributed by atoms with E-state index >= 15 is 0 Å². The van der Waals surface area contributed by atoms with E-state index in [1.165, 1.54) is 6.07 Å². The summed E-state index contributed by atoms with van der Waals surface area (Å²) in [6, 6.07) is 0.155. The number of hydrogen-bond donors (Lipinski definition) is 5. The van der Waals surface area contributed by atoms with E-state index in [1.807, 2.05) is 0 Å². The third-order valence-corrected chi connectivity index (χ3v) is 4.77. The molecular weight excluding hydrogens is 472 g/mol. The van der Waals surface area contributed by atoms with Crippen LogP contribution in [0.3, 0.4) is 0 Å². The molecule has 0 spiro atoms. The van der Waals surface area contributed by atoms with Crippen LogP contribution in [0.2, 0.25) is 0 Å². The highest BCUT2D eigenvalue weighted by Gasteiger charge is 2.45. The molecule has 0 saturated heterocycles. The van der Waals surface area contributed by atoms with Gasteiger partial charge in [0.15, 0.2) is 17.4 Å². The maximum atomic E-state index is 14.0. The molecule has 0 fully saturated rings. The zero-order valence-corrected chi connectivity index (χ0v) is 17.4. The zero-order chi connectivity index (χ0) is 25.2. The molecule has 184 valence electrons. The van der Waals surface area contributed by atoms with E-state index in [-0.39, 0.29) is 28.9 Å². The summed E-state index contributed by atoms with van der Waals surface area (Å²) in [5, 5.41) is 24.2. The van der Waals surface area contributed by atoms with Crippen molar-refractivity contribution in [2.45, 2.75) is 25.2 Å². The number of benzene rings is 2. The molecule has 1 unspecified atom stereocenters. The Hall–Kier alpha value is -3.45. The first-order valence-corrected chi connectivity index (χ1v) is 9.74. The van der Waals surface area contributed by atoms with Crippen LogP contribution in [0.15, 0.2) is 34.7 Å². The number of halogens is 6. The highest BCUT2D eigenvalue weighted by Crippen LogP contribution is 2.39. The topological polar surface area (TPSA) is 107 Å². The summed E-state index contributed by atoms with van der Waals surface area (Å²) in [5.74, 6) is -3.92. The molecule has 0 aliphatic rings. The first kappa shape index (κ1) is 25.2. The van der Waals surface area contributed by atoms with Crippen LogP contribution < -0.4 is 16.0 Å². The number of fused-ring (bicyclic) bond motifs is 1. The second-order valence-electron chi connectivity index (χ2n) is 7.37. The minimum atomic E-state index is -5.08. The Morgan fingerprint density at radius 3 is 2.35 bits per heavy atom. The molecule has 1 heterocycles. The van der Waals surface area contributed by atoms with Gasteiger partial charge in [-0.1, -0.05) is 0 Å². The van der Waals surface area contributed by atoms with Crippen LogP contribution in [-0.2, 0) is 0 Å². The van der Waals surface area contributed by atoms with Gasteiger partial charge in [0.2, 0.25) is 0 Å². The molecule has 0 saturated carbocycles. The third-order valence-electron chi connectivity index (χ3n) is 4.77. The molecule has 3 aromatic rings. The molecule has 2 amide bonds. The fraction of sp³-hybridized carbons (Fsp3) is 0.286. The molecule has 0 bridgehead atoms. The number of carbonyl (C=O) groups excluding carboxylic acids is 1. The summed E-state index contributed by atoms with van der Waals surface area (Å²) >= 11 is 0. The number of carbonyl (C=O) groups is 1. The minimum Gasteiger partial charge on any atom is -0.455 e. The van der Waals surface area contributed by atoms with Gasteiger partial charge in [-0.15, -0.1) is 0 Å². The van der Waals surface area contributed by atoms with Crippen LogP contribution in [0.1, 0.15) is 17.4 Å². The van der Waals surface area contributed by atoms with Crippen molar-refractivity contribution in [3.8, 4) is 0 Å². The number of hydrogen-bond acceptors (Lipinski definition) is 5. The Balaban J connectivity index is 1.84. The van der Waals surface area contributed by atoms with Crippen molar-refractivity contribution >= 4 is 28.4 Å². The highest BCUT2D eigenvalue weighted by atomic mass is 19.4. The van der Waals surface area contributed by atoms with Gasteiger partial charge in [0, 0.05) is 34.9 Å². The Kier molecular flexibility index (Phi) is 7.26. The number of aryl methyl sites for hydroxylation is 1. The first-order valence-electron chi connectivity index (χ1n) is 9.74. The molecule has 3 rings (SSSR count). The van der Waals surface area contributed by atoms with Gasteiger partial charge in [-0.25, -0.2) is 18.0 Å². The summed E-state index contributed by atoms with van der Waals surface area (Å²) < 4.78 is 87.6. The van der Waals surface area contributed by atoms with Gasteiger partial charge in [0.05, 0.1) is 12.7 Å². The van der Waals surface area contributed by atoms with Crippen LogP contribution in [0, 0.1) is 24.4 Å². The molecule has 1 aromatic heterocycles. The van der Waals surface area contributed by atoms with Crippen molar-refractivity contribution in [3.05, 3.63) is 59.1 Å². The summed E-state index contributed by atoms with van der Waals surface area (Å²) in [5.41, 5.74) is -0.985. The molecular formula is C21H19F6N3O4. The number of urea groups is 1. The van der Waals surface area contributed by atoms with Gasteiger partial charge in [-0.2, -0.15) is 13.2 Å². The molecule has 2 atom stereocenters. The Labute approximate surface area is 188 Å². The Morgan fingerprint density at radius 2 is 1.71 bits per heavy atom. The molecule has 34 heavy (non-hydrogen) atoms. The van der Waals surface area contributed by atoms with Crippen LogP contribution >= 0.6 is 0 Å². The summed E-state index contributed by atoms with van der Waals surface area (Å²) in [4.78, 5) is 12.3. The van der Waals surface area contributed by atoms with Gasteiger partial charge in [0.25, 0.3) is 0 Å². The predicted octanol–water partition coefficient (Wildman–Crippen LogP) is 4.35. The molecule has 0 radical (unpaired) electrons. The standard InChI is InChI=1S/C21H19F6N3O4/c1-9-15-4-11(23)5-16(24)18(15)34-17(9)19(21(25,26)27)30-20(33)29-13-3-10(22)2-12(6-13)28-7-14(32)8-31/h2-6,14,19,28,31-32H,7-8H2,1H3,(H2,29,30,33)/t14?,19-/m1/s1. The lowest BCUT2D eigenvalue weighted by molar-refractivity contribution is -0.158. The van der Waals surface area contributed by atoms with Crippen molar-refractivity contribution in [2.24, 2.45) is 0 Å². The fourth-order valence-electron chi connectivity index (χ4n) is 3.20. The van der Waals surface area contributed by atoms with E-state index in [0.717, 1.165) is 25.1 Å². The van der Waals surface area contributed by atoms with Crippen molar-refractivity contribution in [1.29, 1.82) is 0 Å². The summed E-state index contributed by atoms with van der Waals surface area (Å²) in [7, 11) is 0. The van der Waals surface area contributed by atoms with Crippen LogP contribution in [-0.4, -0.2) is 41.7 Å². The van der Waals surface area contributed by atoms with Gasteiger partial charge in [-0.05, 0) is 31.2 Å². The SMILES string of the molecule is Cc1c([C@@H](NC(=O)Nc2cc(F)cc(NCC(O)CO)c2)C(F)(F)F)oc2c(F)cc(F)cc12. The second kappa shape index (κ2) is 9.81. The molecule has 5 N–H and O–H groups in total. The van der Waals surface area contributed by atoms with Crippen molar-refractivity contribution in [2.75, 3.05) is 23.8 Å². The van der Waals surface area contributed by atoms with Crippen LogP contribution in [0.4, 0.5) is 42.5 Å². The zero-order valence-electron chi connectivity index (χ0n) is 17.4. The van der Waals surface area contributed by atoms with E-state index in [1.54, 1.807) is 5.32 Å². The number of alkyl halides is 3. The maximum absolute atomic E-state index is 14.0. The lowest BCUT2D eigenvalue weighted by atomic mass is 10.1. The van der Waals surface area contributed by atoms with Crippen molar-refractivity contribution in [1.82, 2.24) is 5.32 Å². The molecule has 2 aromatic carbocycles. The van der Waals surface area contributed by atoms with Gasteiger partial charge >= 0.3 is 12.2 Å². The fourth-order valence-corrected chi connectivity index (χ4v) is 3.20. The molecule has 13 heteroatoms. The quantitative estimate of drug-likeness (QED) is 0.316. The predicted molar refractivity (Wildman–Crippen MR) is 110 cm³/mol. The number of furan rings is 1. The summed E-state index contributed by atoms with van der Waals surface area (Å²) in [6.07, 6.45) is -6.24. The number of aliphatic hydroxyl groups is 2. The number of amides is 2. The third kappa shape index (κ3) is 5.72. The lowest BCUT2D eigenvalue weighted by Crippen LogP contribution is -2.40. The van der Waals surface area contributed by atoms with Gasteiger partial charge < -0.3 is 30.6 Å². The minimum absolute atomic E-state index is 0.0702. The number of anilines is 2. The number of aliphatic hydroxyl groups excluding tert-OH is 2. The summed E-state index contributed by atoms with van der Waals surface area (Å²) in [6.45, 7) is 0.431. The van der Waals surface area contributed by atoms with E-state index in [9.17, 15) is 36.2 Å². The van der Waals surface area contributed by atoms with Crippen molar-refractivity contribution < 1.29 is 45.8 Å². The molecule has 0 aliphatic carbocycles. The molecule has 0 aliphatic heterocycles. The van der Waals surface area contributed by atoms with E-state index < -0.39 is 59.8 Å². The van der Waals surface area contributed by atoms with Gasteiger partial charge in [-0.3, -0.25) is 0 Å². The Morgan fingerprint density at radius 1 is 1.06 bits per heavy atom. The van der Waals surface area contributed by atoms with Crippen molar-refractivity contribution in [3.63, 3.8) is 0 Å².